The zero-order valence-corrected chi connectivity index (χ0v) is 11.8. The second kappa shape index (κ2) is 4.97. The average Bonchev–Trinajstić information content (AvgIpc) is 2.84. The van der Waals surface area contributed by atoms with Gasteiger partial charge in [0.05, 0.1) is 0 Å². The lowest BCUT2D eigenvalue weighted by Gasteiger charge is -2.08. The van der Waals surface area contributed by atoms with E-state index in [-0.39, 0.29) is 5.78 Å². The van der Waals surface area contributed by atoms with Crippen molar-refractivity contribution >= 4 is 16.7 Å². The Labute approximate surface area is 118 Å². The second-order valence-electron chi connectivity index (χ2n) is 5.20. The van der Waals surface area contributed by atoms with Crippen molar-refractivity contribution in [2.45, 2.75) is 20.4 Å². The van der Waals surface area contributed by atoms with E-state index in [2.05, 4.69) is 48.0 Å². The van der Waals surface area contributed by atoms with E-state index in [1.54, 1.807) is 6.92 Å². The van der Waals surface area contributed by atoms with Gasteiger partial charge in [0, 0.05) is 29.2 Å². The Kier molecular flexibility index (Phi) is 3.15. The van der Waals surface area contributed by atoms with Crippen molar-refractivity contribution in [2.24, 2.45) is 0 Å². The number of hydrogen-bond acceptors (Lipinski definition) is 1. The molecule has 0 aliphatic carbocycles. The van der Waals surface area contributed by atoms with Crippen LogP contribution in [0.5, 0.6) is 0 Å². The molecule has 2 nitrogen and oxygen atoms in total. The molecule has 0 atom stereocenters. The largest absolute Gasteiger partial charge is 0.343 e. The Morgan fingerprint density at radius 3 is 2.65 bits per heavy atom. The van der Waals surface area contributed by atoms with Gasteiger partial charge in [-0.3, -0.25) is 4.79 Å². The predicted molar refractivity (Wildman–Crippen MR) is 82.2 cm³/mol. The number of aryl methyl sites for hydroxylation is 1. The molecule has 2 aromatic carbocycles. The van der Waals surface area contributed by atoms with Gasteiger partial charge < -0.3 is 4.57 Å². The molecule has 0 spiro atoms. The quantitative estimate of drug-likeness (QED) is 0.649. The highest BCUT2D eigenvalue weighted by atomic mass is 16.1. The van der Waals surface area contributed by atoms with E-state index >= 15 is 0 Å². The summed E-state index contributed by atoms with van der Waals surface area (Å²) in [5.41, 5.74) is 4.56. The Morgan fingerprint density at radius 2 is 1.90 bits per heavy atom. The molecule has 0 unspecified atom stereocenters. The molecule has 0 aliphatic heterocycles. The molecule has 0 fully saturated rings. The summed E-state index contributed by atoms with van der Waals surface area (Å²) < 4.78 is 2.22. The highest BCUT2D eigenvalue weighted by Crippen LogP contribution is 2.20. The van der Waals surface area contributed by atoms with Crippen molar-refractivity contribution in [1.82, 2.24) is 4.57 Å². The molecule has 0 saturated heterocycles. The van der Waals surface area contributed by atoms with Gasteiger partial charge in [0.15, 0.2) is 5.78 Å². The van der Waals surface area contributed by atoms with Gasteiger partial charge in [-0.05, 0) is 49.2 Å². The minimum Gasteiger partial charge on any atom is -0.343 e. The van der Waals surface area contributed by atoms with Crippen LogP contribution in [0.25, 0.3) is 10.9 Å². The average molecular weight is 263 g/mol. The van der Waals surface area contributed by atoms with E-state index in [9.17, 15) is 4.79 Å². The molecular formula is C18H17NO. The first-order valence-corrected chi connectivity index (χ1v) is 6.79. The second-order valence-corrected chi connectivity index (χ2v) is 5.20. The van der Waals surface area contributed by atoms with Gasteiger partial charge in [0.25, 0.3) is 0 Å². The number of carbonyl (C=O) groups excluding carboxylic acids is 1. The molecule has 100 valence electrons. The van der Waals surface area contributed by atoms with Crippen molar-refractivity contribution in [1.29, 1.82) is 0 Å². The van der Waals surface area contributed by atoms with Crippen molar-refractivity contribution in [3.8, 4) is 0 Å². The van der Waals surface area contributed by atoms with E-state index in [4.69, 9.17) is 0 Å². The maximum atomic E-state index is 11.4. The van der Waals surface area contributed by atoms with Gasteiger partial charge in [-0.1, -0.05) is 24.3 Å². The van der Waals surface area contributed by atoms with Gasteiger partial charge in [0.2, 0.25) is 0 Å². The zero-order valence-electron chi connectivity index (χ0n) is 11.8. The number of rotatable bonds is 3. The third kappa shape index (κ3) is 2.25. The van der Waals surface area contributed by atoms with E-state index < -0.39 is 0 Å². The van der Waals surface area contributed by atoms with E-state index in [1.807, 2.05) is 18.2 Å². The Hall–Kier alpha value is -2.35. The molecule has 20 heavy (non-hydrogen) atoms. The van der Waals surface area contributed by atoms with E-state index in [0.717, 1.165) is 17.5 Å². The van der Waals surface area contributed by atoms with Crippen LogP contribution >= 0.6 is 0 Å². The van der Waals surface area contributed by atoms with Gasteiger partial charge >= 0.3 is 0 Å². The number of ketones is 1. The monoisotopic (exact) mass is 263 g/mol. The number of carbonyl (C=O) groups is 1. The Bertz CT molecular complexity index is 783. The molecule has 0 N–H and O–H groups in total. The summed E-state index contributed by atoms with van der Waals surface area (Å²) in [7, 11) is 0. The molecule has 0 saturated carbocycles. The summed E-state index contributed by atoms with van der Waals surface area (Å²) in [4.78, 5) is 11.4. The first-order chi connectivity index (χ1) is 9.65. The highest BCUT2D eigenvalue weighted by molar-refractivity contribution is 5.98. The van der Waals surface area contributed by atoms with Crippen LogP contribution in [-0.2, 0) is 6.54 Å². The first-order valence-electron chi connectivity index (χ1n) is 6.79. The van der Waals surface area contributed by atoms with Crippen LogP contribution in [0.15, 0.2) is 54.7 Å². The fourth-order valence-corrected chi connectivity index (χ4v) is 2.53. The maximum Gasteiger partial charge on any atom is 0.159 e. The van der Waals surface area contributed by atoms with E-state index in [1.165, 1.54) is 16.6 Å². The molecule has 1 aromatic heterocycles. The van der Waals surface area contributed by atoms with Crippen LogP contribution in [0.2, 0.25) is 0 Å². The van der Waals surface area contributed by atoms with Crippen LogP contribution < -0.4 is 0 Å². The summed E-state index contributed by atoms with van der Waals surface area (Å²) in [6, 6.07) is 16.4. The standard InChI is InChI=1S/C18H17NO/c1-13-5-3-4-6-17(13)12-19-10-9-16-11-15(14(2)20)7-8-18(16)19/h3-11H,12H2,1-2H3. The van der Waals surface area contributed by atoms with Crippen LogP contribution in [0.3, 0.4) is 0 Å². The third-order valence-corrected chi connectivity index (χ3v) is 3.78. The lowest BCUT2D eigenvalue weighted by atomic mass is 10.1. The fourth-order valence-electron chi connectivity index (χ4n) is 2.53. The van der Waals surface area contributed by atoms with E-state index in [0.29, 0.717) is 0 Å². The Morgan fingerprint density at radius 1 is 1.10 bits per heavy atom. The molecule has 3 rings (SSSR count). The summed E-state index contributed by atoms with van der Waals surface area (Å²) >= 11 is 0. The minimum absolute atomic E-state index is 0.110. The van der Waals surface area contributed by atoms with Crippen LogP contribution in [0, 0.1) is 6.92 Å². The van der Waals surface area contributed by atoms with Crippen molar-refractivity contribution in [2.75, 3.05) is 0 Å². The van der Waals surface area contributed by atoms with Crippen LogP contribution in [-0.4, -0.2) is 10.4 Å². The number of hydrogen-bond donors (Lipinski definition) is 0. The van der Waals surface area contributed by atoms with Crippen molar-refractivity contribution in [3.63, 3.8) is 0 Å². The smallest absolute Gasteiger partial charge is 0.159 e. The van der Waals surface area contributed by atoms with Crippen LogP contribution in [0.4, 0.5) is 0 Å². The van der Waals surface area contributed by atoms with Crippen molar-refractivity contribution < 1.29 is 4.79 Å². The number of benzene rings is 2. The molecule has 1 heterocycles. The fraction of sp³-hybridized carbons (Fsp3) is 0.167. The predicted octanol–water partition coefficient (Wildman–Crippen LogP) is 4.20. The highest BCUT2D eigenvalue weighted by Gasteiger charge is 2.06. The van der Waals surface area contributed by atoms with Gasteiger partial charge in [0.1, 0.15) is 0 Å². The number of aromatic nitrogens is 1. The summed E-state index contributed by atoms with van der Waals surface area (Å²) in [5.74, 6) is 0.110. The van der Waals surface area contributed by atoms with Crippen molar-refractivity contribution in [3.05, 3.63) is 71.4 Å². The van der Waals surface area contributed by atoms with Gasteiger partial charge in [-0.25, -0.2) is 0 Å². The number of Topliss-reactive ketones (excluding diaryl/α,β-unsaturated/α-hetero) is 1. The number of fused-ring (bicyclic) bond motifs is 1. The van der Waals surface area contributed by atoms with Gasteiger partial charge in [-0.15, -0.1) is 0 Å². The molecule has 3 aromatic rings. The first kappa shape index (κ1) is 12.7. The maximum absolute atomic E-state index is 11.4. The minimum atomic E-state index is 0.110. The third-order valence-electron chi connectivity index (χ3n) is 3.78. The SMILES string of the molecule is CC(=O)c1ccc2c(ccn2Cc2ccccc2C)c1. The summed E-state index contributed by atoms with van der Waals surface area (Å²) in [6.45, 7) is 4.59. The van der Waals surface area contributed by atoms with Crippen LogP contribution in [0.1, 0.15) is 28.4 Å². The Balaban J connectivity index is 2.01. The lowest BCUT2D eigenvalue weighted by molar-refractivity contribution is 0.101. The normalized spacial score (nSPS) is 10.9. The number of nitrogens with zero attached hydrogens (tertiary/aromatic N) is 1. The molecule has 2 heteroatoms. The molecule has 0 radical (unpaired) electrons. The topological polar surface area (TPSA) is 22.0 Å². The molecule has 0 amide bonds. The zero-order chi connectivity index (χ0) is 14.1. The summed E-state index contributed by atoms with van der Waals surface area (Å²) in [6.07, 6.45) is 2.08. The molecular weight excluding hydrogens is 246 g/mol. The molecule has 0 aliphatic rings. The lowest BCUT2D eigenvalue weighted by Crippen LogP contribution is -2.00. The summed E-state index contributed by atoms with van der Waals surface area (Å²) in [5, 5.41) is 1.12. The van der Waals surface area contributed by atoms with Gasteiger partial charge in [-0.2, -0.15) is 0 Å². The molecule has 0 bridgehead atoms.